The van der Waals surface area contributed by atoms with Gasteiger partial charge in [0, 0.05) is 0 Å². The second-order valence-electron chi connectivity index (χ2n) is 4.44. The highest BCUT2D eigenvalue weighted by Crippen LogP contribution is 2.11. The van der Waals surface area contributed by atoms with Crippen LogP contribution in [0.15, 0.2) is 24.3 Å². The van der Waals surface area contributed by atoms with Gasteiger partial charge in [-0.1, -0.05) is 35.0 Å². The standard InChI is InChI=1S/C14H16N4O/c1-11-2-4-12(5-3-11)6-7-14-13(10-19)16-17-18(14)9-8-15/h2-5,19H,6-7,9-10H2,1H3. The Morgan fingerprint density at radius 1 is 1.26 bits per heavy atom. The Hall–Kier alpha value is -2.19. The van der Waals surface area contributed by atoms with Gasteiger partial charge < -0.3 is 5.11 Å². The van der Waals surface area contributed by atoms with Crippen LogP contribution in [-0.2, 0) is 26.0 Å². The molecular formula is C14H16N4O. The number of rotatable bonds is 5. The Morgan fingerprint density at radius 3 is 2.63 bits per heavy atom. The van der Waals surface area contributed by atoms with Crippen molar-refractivity contribution < 1.29 is 5.11 Å². The zero-order valence-electron chi connectivity index (χ0n) is 10.9. The lowest BCUT2D eigenvalue weighted by Crippen LogP contribution is -2.07. The molecular weight excluding hydrogens is 240 g/mol. The number of nitriles is 1. The lowest BCUT2D eigenvalue weighted by Gasteiger charge is -2.05. The van der Waals surface area contributed by atoms with E-state index in [2.05, 4.69) is 41.5 Å². The van der Waals surface area contributed by atoms with Crippen LogP contribution in [0.5, 0.6) is 0 Å². The van der Waals surface area contributed by atoms with Gasteiger partial charge in [-0.05, 0) is 25.3 Å². The quantitative estimate of drug-likeness (QED) is 0.877. The third-order valence-electron chi connectivity index (χ3n) is 3.06. The molecule has 0 atom stereocenters. The summed E-state index contributed by atoms with van der Waals surface area (Å²) in [4.78, 5) is 0. The van der Waals surface area contributed by atoms with E-state index in [1.165, 1.54) is 11.1 Å². The number of aliphatic hydroxyl groups excluding tert-OH is 1. The van der Waals surface area contributed by atoms with Gasteiger partial charge in [-0.25, -0.2) is 4.68 Å². The largest absolute Gasteiger partial charge is 0.390 e. The molecule has 0 unspecified atom stereocenters. The molecule has 98 valence electrons. The van der Waals surface area contributed by atoms with Crippen LogP contribution in [0.4, 0.5) is 0 Å². The number of benzene rings is 1. The molecule has 0 aliphatic rings. The molecule has 0 radical (unpaired) electrons. The number of hydrogen-bond donors (Lipinski definition) is 1. The number of nitrogens with zero attached hydrogens (tertiary/aromatic N) is 4. The minimum absolute atomic E-state index is 0.144. The zero-order valence-corrected chi connectivity index (χ0v) is 10.9. The van der Waals surface area contributed by atoms with Gasteiger partial charge >= 0.3 is 0 Å². The van der Waals surface area contributed by atoms with E-state index in [-0.39, 0.29) is 13.2 Å². The third-order valence-corrected chi connectivity index (χ3v) is 3.06. The molecule has 1 N–H and O–H groups in total. The van der Waals surface area contributed by atoms with Crippen molar-refractivity contribution in [2.75, 3.05) is 0 Å². The molecule has 1 aromatic carbocycles. The average molecular weight is 256 g/mol. The molecule has 0 bridgehead atoms. The monoisotopic (exact) mass is 256 g/mol. The van der Waals surface area contributed by atoms with E-state index in [1.54, 1.807) is 4.68 Å². The van der Waals surface area contributed by atoms with Crippen molar-refractivity contribution in [2.45, 2.75) is 32.9 Å². The molecule has 0 spiro atoms. The van der Waals surface area contributed by atoms with Gasteiger partial charge in [0.1, 0.15) is 12.2 Å². The van der Waals surface area contributed by atoms with Crippen LogP contribution in [0.3, 0.4) is 0 Å². The first-order valence-electron chi connectivity index (χ1n) is 6.19. The molecule has 5 nitrogen and oxygen atoms in total. The van der Waals surface area contributed by atoms with Gasteiger partial charge in [0.25, 0.3) is 0 Å². The Bertz CT molecular complexity index is 580. The van der Waals surface area contributed by atoms with Gasteiger partial charge in [0.15, 0.2) is 0 Å². The minimum Gasteiger partial charge on any atom is -0.390 e. The molecule has 0 aliphatic heterocycles. The summed E-state index contributed by atoms with van der Waals surface area (Å²) in [6.45, 7) is 2.07. The van der Waals surface area contributed by atoms with Gasteiger partial charge in [0.2, 0.25) is 0 Å². The Kier molecular flexibility index (Phi) is 4.26. The van der Waals surface area contributed by atoms with Crippen LogP contribution in [0, 0.1) is 18.3 Å². The molecule has 0 aliphatic carbocycles. The number of aromatic nitrogens is 3. The lowest BCUT2D eigenvalue weighted by atomic mass is 10.1. The lowest BCUT2D eigenvalue weighted by molar-refractivity contribution is 0.275. The second kappa shape index (κ2) is 6.12. The number of aliphatic hydroxyl groups is 1. The first-order valence-corrected chi connectivity index (χ1v) is 6.19. The molecule has 2 rings (SSSR count). The number of hydrogen-bond acceptors (Lipinski definition) is 4. The first kappa shape index (κ1) is 13.2. The molecule has 0 fully saturated rings. The van der Waals surface area contributed by atoms with Crippen molar-refractivity contribution in [3.05, 3.63) is 46.8 Å². The SMILES string of the molecule is Cc1ccc(CCc2c(CO)nnn2CC#N)cc1. The normalized spacial score (nSPS) is 10.4. The highest BCUT2D eigenvalue weighted by Gasteiger charge is 2.11. The van der Waals surface area contributed by atoms with Crippen LogP contribution in [0.2, 0.25) is 0 Å². The topological polar surface area (TPSA) is 74.7 Å². The summed E-state index contributed by atoms with van der Waals surface area (Å²) >= 11 is 0. The summed E-state index contributed by atoms with van der Waals surface area (Å²) in [5, 5.41) is 25.8. The Balaban J connectivity index is 2.12. The third kappa shape index (κ3) is 3.18. The van der Waals surface area contributed by atoms with Crippen LogP contribution in [0.25, 0.3) is 0 Å². The maximum atomic E-state index is 9.23. The maximum absolute atomic E-state index is 9.23. The smallest absolute Gasteiger partial charge is 0.130 e. The molecule has 0 saturated heterocycles. The highest BCUT2D eigenvalue weighted by atomic mass is 16.3. The molecule has 1 heterocycles. The summed E-state index contributed by atoms with van der Waals surface area (Å²) in [5.74, 6) is 0. The van der Waals surface area contributed by atoms with Gasteiger partial charge in [-0.3, -0.25) is 0 Å². The summed E-state index contributed by atoms with van der Waals surface area (Å²) in [7, 11) is 0. The summed E-state index contributed by atoms with van der Waals surface area (Å²) in [6, 6.07) is 10.4. The van der Waals surface area contributed by atoms with E-state index >= 15 is 0 Å². The van der Waals surface area contributed by atoms with Gasteiger partial charge in [-0.15, -0.1) is 5.10 Å². The van der Waals surface area contributed by atoms with Crippen LogP contribution in [-0.4, -0.2) is 20.1 Å². The molecule has 0 amide bonds. The van der Waals surface area contributed by atoms with Crippen LogP contribution in [0.1, 0.15) is 22.5 Å². The molecule has 0 saturated carbocycles. The Morgan fingerprint density at radius 2 is 2.00 bits per heavy atom. The van der Waals surface area contributed by atoms with E-state index in [4.69, 9.17) is 5.26 Å². The van der Waals surface area contributed by atoms with Crippen LogP contribution >= 0.6 is 0 Å². The van der Waals surface area contributed by atoms with E-state index < -0.39 is 0 Å². The van der Waals surface area contributed by atoms with E-state index in [0.717, 1.165) is 12.1 Å². The fourth-order valence-corrected chi connectivity index (χ4v) is 1.98. The van der Waals surface area contributed by atoms with Crippen molar-refractivity contribution >= 4 is 0 Å². The predicted molar refractivity (Wildman–Crippen MR) is 70.1 cm³/mol. The van der Waals surface area contributed by atoms with Crippen molar-refractivity contribution in [3.63, 3.8) is 0 Å². The summed E-state index contributed by atoms with van der Waals surface area (Å²) < 4.78 is 1.56. The zero-order chi connectivity index (χ0) is 13.7. The summed E-state index contributed by atoms with van der Waals surface area (Å²) in [6.07, 6.45) is 1.56. The first-order chi connectivity index (χ1) is 9.24. The molecule has 19 heavy (non-hydrogen) atoms. The molecule has 2 aromatic rings. The van der Waals surface area contributed by atoms with E-state index in [9.17, 15) is 5.11 Å². The van der Waals surface area contributed by atoms with Crippen molar-refractivity contribution in [1.82, 2.24) is 15.0 Å². The van der Waals surface area contributed by atoms with Crippen molar-refractivity contribution in [1.29, 1.82) is 5.26 Å². The van der Waals surface area contributed by atoms with Crippen LogP contribution < -0.4 is 0 Å². The second-order valence-corrected chi connectivity index (χ2v) is 4.44. The predicted octanol–water partition coefficient (Wildman–Crippen LogP) is 1.39. The number of aryl methyl sites for hydroxylation is 2. The molecule has 5 heteroatoms. The minimum atomic E-state index is -0.144. The van der Waals surface area contributed by atoms with Crippen molar-refractivity contribution in [2.24, 2.45) is 0 Å². The fraction of sp³-hybridized carbons (Fsp3) is 0.357. The fourth-order valence-electron chi connectivity index (χ4n) is 1.98. The van der Waals surface area contributed by atoms with E-state index in [0.29, 0.717) is 12.1 Å². The van der Waals surface area contributed by atoms with Gasteiger partial charge in [-0.2, -0.15) is 5.26 Å². The molecule has 1 aromatic heterocycles. The average Bonchev–Trinajstić information content (AvgIpc) is 2.81. The van der Waals surface area contributed by atoms with Gasteiger partial charge in [0.05, 0.1) is 18.4 Å². The highest BCUT2D eigenvalue weighted by molar-refractivity contribution is 5.22. The summed E-state index contributed by atoms with van der Waals surface area (Å²) in [5.41, 5.74) is 3.85. The maximum Gasteiger partial charge on any atom is 0.130 e. The van der Waals surface area contributed by atoms with Crippen molar-refractivity contribution in [3.8, 4) is 6.07 Å². The van der Waals surface area contributed by atoms with E-state index in [1.807, 2.05) is 6.07 Å². The Labute approximate surface area is 112 Å².